The second kappa shape index (κ2) is 5.71. The number of nitriles is 1. The number of hydrogen-bond acceptors (Lipinski definition) is 2. The van der Waals surface area contributed by atoms with Gasteiger partial charge in [0.2, 0.25) is 0 Å². The van der Waals surface area contributed by atoms with Crippen molar-refractivity contribution in [3.05, 3.63) is 35.1 Å². The quantitative estimate of drug-likeness (QED) is 0.825. The first-order valence-corrected chi connectivity index (χ1v) is 7.03. The highest BCUT2D eigenvalue weighted by atomic mass is 19.1. The number of halogens is 1. The first-order valence-electron chi connectivity index (χ1n) is 7.03. The van der Waals surface area contributed by atoms with Crippen LogP contribution >= 0.6 is 0 Å². The van der Waals surface area contributed by atoms with Crippen LogP contribution in [-0.4, -0.2) is 18.0 Å². The van der Waals surface area contributed by atoms with Gasteiger partial charge in [-0.15, -0.1) is 0 Å². The molecule has 1 aromatic rings. The van der Waals surface area contributed by atoms with Gasteiger partial charge in [-0.05, 0) is 48.9 Å². The molecule has 1 heterocycles. The molecule has 2 nitrogen and oxygen atoms in total. The average molecular weight is 260 g/mol. The Morgan fingerprint density at radius 3 is 2.68 bits per heavy atom. The van der Waals surface area contributed by atoms with E-state index in [1.807, 2.05) is 6.07 Å². The third-order valence-electron chi connectivity index (χ3n) is 4.57. The summed E-state index contributed by atoms with van der Waals surface area (Å²) in [6.45, 7) is 7.55. The molecule has 2 rings (SSSR count). The number of likely N-dealkylation sites (tertiary alicyclic amines) is 1. The van der Waals surface area contributed by atoms with Gasteiger partial charge < -0.3 is 0 Å². The molecule has 0 bridgehead atoms. The summed E-state index contributed by atoms with van der Waals surface area (Å²) in [6, 6.07) is 6.76. The van der Waals surface area contributed by atoms with Gasteiger partial charge in [0.05, 0.1) is 5.56 Å². The molecule has 0 spiro atoms. The minimum Gasteiger partial charge on any atom is -0.299 e. The summed E-state index contributed by atoms with van der Waals surface area (Å²) in [7, 11) is 0. The average Bonchev–Trinajstić information content (AvgIpc) is 2.85. The molecule has 0 atom stereocenters. The highest BCUT2D eigenvalue weighted by molar-refractivity contribution is 5.34. The van der Waals surface area contributed by atoms with E-state index in [0.29, 0.717) is 5.41 Å². The maximum Gasteiger partial charge on any atom is 0.140 e. The summed E-state index contributed by atoms with van der Waals surface area (Å²) in [5.41, 5.74) is 1.63. The van der Waals surface area contributed by atoms with Gasteiger partial charge in [0.25, 0.3) is 0 Å². The molecule has 0 amide bonds. The van der Waals surface area contributed by atoms with Crippen LogP contribution in [0.2, 0.25) is 0 Å². The monoisotopic (exact) mass is 260 g/mol. The summed E-state index contributed by atoms with van der Waals surface area (Å²) < 4.78 is 13.3. The topological polar surface area (TPSA) is 27.0 Å². The molecule has 0 radical (unpaired) electrons. The fourth-order valence-corrected chi connectivity index (χ4v) is 3.00. The number of hydrogen-bond donors (Lipinski definition) is 0. The Labute approximate surface area is 114 Å². The van der Waals surface area contributed by atoms with Crippen LogP contribution in [0.5, 0.6) is 0 Å². The minimum absolute atomic E-state index is 0.147. The lowest BCUT2D eigenvalue weighted by Gasteiger charge is -2.26. The first-order chi connectivity index (χ1) is 9.12. The second-order valence-corrected chi connectivity index (χ2v) is 5.59. The minimum atomic E-state index is -0.427. The molecular weight excluding hydrogens is 239 g/mol. The maximum atomic E-state index is 13.3. The van der Waals surface area contributed by atoms with E-state index in [0.717, 1.165) is 25.2 Å². The molecular formula is C16H21FN2. The zero-order valence-corrected chi connectivity index (χ0v) is 11.7. The van der Waals surface area contributed by atoms with Gasteiger partial charge in [-0.2, -0.15) is 5.26 Å². The Morgan fingerprint density at radius 2 is 2.11 bits per heavy atom. The molecule has 0 aliphatic carbocycles. The van der Waals surface area contributed by atoms with E-state index in [-0.39, 0.29) is 5.56 Å². The third-order valence-corrected chi connectivity index (χ3v) is 4.57. The summed E-state index contributed by atoms with van der Waals surface area (Å²) in [4.78, 5) is 2.42. The first kappa shape index (κ1) is 14.0. The molecule has 0 N–H and O–H groups in total. The fourth-order valence-electron chi connectivity index (χ4n) is 3.00. The largest absolute Gasteiger partial charge is 0.299 e. The molecule has 1 saturated heterocycles. The molecule has 3 heteroatoms. The van der Waals surface area contributed by atoms with Crippen molar-refractivity contribution in [3.63, 3.8) is 0 Å². The van der Waals surface area contributed by atoms with E-state index in [9.17, 15) is 4.39 Å². The molecule has 1 fully saturated rings. The van der Waals surface area contributed by atoms with Gasteiger partial charge in [-0.3, -0.25) is 4.90 Å². The van der Waals surface area contributed by atoms with Crippen LogP contribution < -0.4 is 0 Å². The van der Waals surface area contributed by atoms with Crippen LogP contribution in [0.4, 0.5) is 4.39 Å². The van der Waals surface area contributed by atoms with Gasteiger partial charge >= 0.3 is 0 Å². The molecule has 102 valence electrons. The Hall–Kier alpha value is -1.40. The number of benzene rings is 1. The van der Waals surface area contributed by atoms with Gasteiger partial charge in [-0.1, -0.05) is 19.9 Å². The van der Waals surface area contributed by atoms with Crippen LogP contribution in [-0.2, 0) is 6.54 Å². The van der Waals surface area contributed by atoms with Gasteiger partial charge in [-0.25, -0.2) is 4.39 Å². The summed E-state index contributed by atoms with van der Waals surface area (Å²) in [5, 5.41) is 8.86. The zero-order valence-electron chi connectivity index (χ0n) is 11.7. The Bertz CT molecular complexity index is 486. The number of nitrogens with zero attached hydrogens (tertiary/aromatic N) is 2. The van der Waals surface area contributed by atoms with Gasteiger partial charge in [0.15, 0.2) is 0 Å². The summed E-state index contributed by atoms with van der Waals surface area (Å²) in [5.74, 6) is -0.427. The summed E-state index contributed by atoms with van der Waals surface area (Å²) in [6.07, 6.45) is 3.67. The van der Waals surface area contributed by atoms with Crippen molar-refractivity contribution in [1.29, 1.82) is 5.26 Å². The van der Waals surface area contributed by atoms with E-state index in [2.05, 4.69) is 18.7 Å². The molecule has 0 saturated carbocycles. The van der Waals surface area contributed by atoms with Crippen molar-refractivity contribution in [3.8, 4) is 6.07 Å². The van der Waals surface area contributed by atoms with E-state index in [1.165, 1.54) is 25.3 Å². The van der Waals surface area contributed by atoms with Crippen molar-refractivity contribution >= 4 is 0 Å². The number of rotatable bonds is 4. The Kier molecular flexibility index (Phi) is 4.21. The highest BCUT2D eigenvalue weighted by Crippen LogP contribution is 2.37. The SMILES string of the molecule is CCC1(CC)CCN(Cc2ccc(F)c(C#N)c2)C1. The van der Waals surface area contributed by atoms with E-state index < -0.39 is 5.82 Å². The summed E-state index contributed by atoms with van der Waals surface area (Å²) >= 11 is 0. The van der Waals surface area contributed by atoms with Crippen LogP contribution in [0.25, 0.3) is 0 Å². The van der Waals surface area contributed by atoms with Crippen molar-refractivity contribution < 1.29 is 4.39 Å². The van der Waals surface area contributed by atoms with Crippen LogP contribution in [0.15, 0.2) is 18.2 Å². The van der Waals surface area contributed by atoms with E-state index in [1.54, 1.807) is 12.1 Å². The van der Waals surface area contributed by atoms with Gasteiger partial charge in [0.1, 0.15) is 11.9 Å². The van der Waals surface area contributed by atoms with E-state index >= 15 is 0 Å². The fraction of sp³-hybridized carbons (Fsp3) is 0.562. The van der Waals surface area contributed by atoms with E-state index in [4.69, 9.17) is 5.26 Å². The third kappa shape index (κ3) is 2.96. The molecule has 1 aliphatic heterocycles. The van der Waals surface area contributed by atoms with Crippen molar-refractivity contribution in [2.45, 2.75) is 39.7 Å². The molecule has 0 unspecified atom stereocenters. The normalized spacial score (nSPS) is 18.4. The maximum absolute atomic E-state index is 13.3. The molecule has 0 aromatic heterocycles. The Morgan fingerprint density at radius 1 is 1.37 bits per heavy atom. The Balaban J connectivity index is 2.05. The smallest absolute Gasteiger partial charge is 0.140 e. The van der Waals surface area contributed by atoms with Crippen molar-refractivity contribution in [2.75, 3.05) is 13.1 Å². The lowest BCUT2D eigenvalue weighted by molar-refractivity contribution is 0.236. The van der Waals surface area contributed by atoms with Crippen LogP contribution in [0.1, 0.15) is 44.2 Å². The molecule has 19 heavy (non-hydrogen) atoms. The van der Waals surface area contributed by atoms with Crippen molar-refractivity contribution in [2.24, 2.45) is 5.41 Å². The van der Waals surface area contributed by atoms with Gasteiger partial charge in [0, 0.05) is 13.1 Å². The highest BCUT2D eigenvalue weighted by Gasteiger charge is 2.34. The molecule has 1 aliphatic rings. The van der Waals surface area contributed by atoms with Crippen LogP contribution in [0.3, 0.4) is 0 Å². The lowest BCUT2D eigenvalue weighted by atomic mass is 9.82. The predicted octanol–water partition coefficient (Wildman–Crippen LogP) is 3.71. The standard InChI is InChI=1S/C16H21FN2/c1-3-16(4-2)7-8-19(12-16)11-13-5-6-15(17)14(9-13)10-18/h5-6,9H,3-4,7-8,11-12H2,1-2H3. The van der Waals surface area contributed by atoms with Crippen LogP contribution in [0, 0.1) is 22.6 Å². The second-order valence-electron chi connectivity index (χ2n) is 5.59. The zero-order chi connectivity index (χ0) is 13.9. The lowest BCUT2D eigenvalue weighted by Crippen LogP contribution is -2.26. The predicted molar refractivity (Wildman–Crippen MR) is 74.0 cm³/mol. The van der Waals surface area contributed by atoms with Crippen molar-refractivity contribution in [1.82, 2.24) is 4.90 Å². The molecule has 1 aromatic carbocycles.